The number of esters is 1. The fourth-order valence-electron chi connectivity index (χ4n) is 2.86. The van der Waals surface area contributed by atoms with Crippen LogP contribution in [0.2, 0.25) is 5.02 Å². The van der Waals surface area contributed by atoms with Crippen molar-refractivity contribution >= 4 is 29.5 Å². The Morgan fingerprint density at radius 1 is 1.17 bits per heavy atom. The molecule has 2 aromatic rings. The van der Waals surface area contributed by atoms with E-state index in [1.54, 1.807) is 18.2 Å². The van der Waals surface area contributed by atoms with Crippen molar-refractivity contribution in [2.24, 2.45) is 4.99 Å². The number of cyclic esters (lactones) is 1. The number of hydrogen-bond donors (Lipinski definition) is 0. The molecule has 0 bridgehead atoms. The van der Waals surface area contributed by atoms with E-state index in [-0.39, 0.29) is 11.8 Å². The van der Waals surface area contributed by atoms with Crippen LogP contribution in [-0.2, 0) is 16.0 Å². The molecular weight excluding hydrogens is 390 g/mol. The van der Waals surface area contributed by atoms with E-state index in [1.807, 2.05) is 45.0 Å². The molecular formula is C23H24ClNO4. The molecule has 3 rings (SSSR count). The smallest absolute Gasteiger partial charge is 0.363 e. The Hall–Kier alpha value is -2.79. The highest BCUT2D eigenvalue weighted by atomic mass is 35.5. The molecule has 0 saturated carbocycles. The van der Waals surface area contributed by atoms with Crippen molar-refractivity contribution in [1.82, 2.24) is 0 Å². The molecule has 6 heteroatoms. The van der Waals surface area contributed by atoms with Crippen molar-refractivity contribution in [3.8, 4) is 11.5 Å². The summed E-state index contributed by atoms with van der Waals surface area (Å²) in [6.07, 6.45) is 2.52. The molecule has 0 saturated heterocycles. The molecule has 0 aromatic heterocycles. The van der Waals surface area contributed by atoms with Crippen LogP contribution in [0, 0.1) is 0 Å². The van der Waals surface area contributed by atoms with Gasteiger partial charge in [0.2, 0.25) is 5.90 Å². The number of halogens is 1. The Bertz CT molecular complexity index is 962. The van der Waals surface area contributed by atoms with E-state index < -0.39 is 5.97 Å². The van der Waals surface area contributed by atoms with E-state index in [0.717, 1.165) is 12.0 Å². The number of aliphatic imine (C=N–C) groups is 1. The van der Waals surface area contributed by atoms with Gasteiger partial charge in [0, 0.05) is 5.56 Å². The molecule has 5 nitrogen and oxygen atoms in total. The molecule has 0 unspecified atom stereocenters. The van der Waals surface area contributed by atoms with E-state index in [9.17, 15) is 4.79 Å². The molecule has 0 radical (unpaired) electrons. The Kier molecular flexibility index (Phi) is 6.60. The number of benzene rings is 2. The van der Waals surface area contributed by atoms with Crippen molar-refractivity contribution in [1.29, 1.82) is 0 Å². The van der Waals surface area contributed by atoms with Gasteiger partial charge in [-0.2, -0.15) is 0 Å². The monoisotopic (exact) mass is 413 g/mol. The van der Waals surface area contributed by atoms with Crippen LogP contribution in [-0.4, -0.2) is 24.6 Å². The first kappa shape index (κ1) is 20.9. The largest absolute Gasteiger partial charge is 0.490 e. The van der Waals surface area contributed by atoms with Crippen LogP contribution in [0.15, 0.2) is 47.1 Å². The summed E-state index contributed by atoms with van der Waals surface area (Å²) in [7, 11) is 0. The Labute approximate surface area is 176 Å². The summed E-state index contributed by atoms with van der Waals surface area (Å²) in [4.78, 5) is 16.7. The maximum atomic E-state index is 12.3. The number of ether oxygens (including phenoxy) is 3. The lowest BCUT2D eigenvalue weighted by Gasteiger charge is -2.16. The number of hydrogen-bond acceptors (Lipinski definition) is 5. The minimum Gasteiger partial charge on any atom is -0.490 e. The van der Waals surface area contributed by atoms with Gasteiger partial charge < -0.3 is 14.2 Å². The predicted molar refractivity (Wildman–Crippen MR) is 115 cm³/mol. The third-order valence-electron chi connectivity index (χ3n) is 4.22. The van der Waals surface area contributed by atoms with Crippen molar-refractivity contribution < 1.29 is 19.0 Å². The third kappa shape index (κ3) is 4.98. The molecule has 152 valence electrons. The second-order valence-corrected chi connectivity index (χ2v) is 7.22. The highest BCUT2D eigenvalue weighted by Crippen LogP contribution is 2.38. The molecule has 1 aliphatic heterocycles. The zero-order valence-electron chi connectivity index (χ0n) is 17.0. The van der Waals surface area contributed by atoms with Gasteiger partial charge >= 0.3 is 5.97 Å². The minimum atomic E-state index is -0.504. The van der Waals surface area contributed by atoms with Gasteiger partial charge in [-0.3, -0.25) is 0 Å². The van der Waals surface area contributed by atoms with Crippen LogP contribution in [0.1, 0.15) is 44.4 Å². The molecule has 0 amide bonds. The summed E-state index contributed by atoms with van der Waals surface area (Å²) in [5.41, 5.74) is 2.84. The number of aryl methyl sites for hydroxylation is 1. The molecule has 0 atom stereocenters. The summed E-state index contributed by atoms with van der Waals surface area (Å²) < 4.78 is 16.8. The standard InChI is InChI=1S/C23H24ClNO4/c1-5-15-7-9-17(10-8-15)22-25-19(23(26)29-22)12-16-11-18(24)21(28-14(3)4)20(13-16)27-6-2/h7-14H,5-6H2,1-4H3/b19-12-. The van der Waals surface area contributed by atoms with Crippen LogP contribution in [0.25, 0.3) is 6.08 Å². The first-order valence-corrected chi connectivity index (χ1v) is 10.0. The van der Waals surface area contributed by atoms with Gasteiger partial charge in [-0.05, 0) is 68.7 Å². The zero-order chi connectivity index (χ0) is 21.0. The SMILES string of the molecule is CCOc1cc(/C=C2\N=C(c3ccc(CC)cc3)OC2=O)cc(Cl)c1OC(C)C. The van der Waals surface area contributed by atoms with Gasteiger partial charge in [0.15, 0.2) is 17.2 Å². The molecule has 2 aromatic carbocycles. The van der Waals surface area contributed by atoms with Crippen LogP contribution in [0.3, 0.4) is 0 Å². The van der Waals surface area contributed by atoms with E-state index >= 15 is 0 Å². The minimum absolute atomic E-state index is 0.0491. The lowest BCUT2D eigenvalue weighted by Crippen LogP contribution is -2.08. The van der Waals surface area contributed by atoms with Crippen molar-refractivity contribution in [3.05, 3.63) is 63.8 Å². The normalized spacial score (nSPS) is 14.9. The topological polar surface area (TPSA) is 57.1 Å². The molecule has 0 aliphatic carbocycles. The summed E-state index contributed by atoms with van der Waals surface area (Å²) in [5.74, 6) is 0.794. The van der Waals surface area contributed by atoms with Crippen LogP contribution < -0.4 is 9.47 Å². The molecule has 0 spiro atoms. The zero-order valence-corrected chi connectivity index (χ0v) is 17.7. The van der Waals surface area contributed by atoms with Crippen LogP contribution in [0.5, 0.6) is 11.5 Å². The maximum Gasteiger partial charge on any atom is 0.363 e. The number of nitrogens with zero attached hydrogens (tertiary/aromatic N) is 1. The van der Waals surface area contributed by atoms with E-state index in [1.165, 1.54) is 5.56 Å². The molecule has 1 aliphatic rings. The second-order valence-electron chi connectivity index (χ2n) is 6.82. The first-order valence-electron chi connectivity index (χ1n) is 9.66. The van der Waals surface area contributed by atoms with Crippen molar-refractivity contribution in [2.45, 2.75) is 40.2 Å². The second kappa shape index (κ2) is 9.14. The van der Waals surface area contributed by atoms with E-state index in [0.29, 0.717) is 34.6 Å². The molecule has 29 heavy (non-hydrogen) atoms. The number of rotatable bonds is 7. The van der Waals surface area contributed by atoms with Crippen LogP contribution in [0.4, 0.5) is 0 Å². The van der Waals surface area contributed by atoms with Crippen LogP contribution >= 0.6 is 11.6 Å². The van der Waals surface area contributed by atoms with Gasteiger partial charge in [-0.1, -0.05) is 30.7 Å². The van der Waals surface area contributed by atoms with Gasteiger partial charge in [-0.15, -0.1) is 0 Å². The first-order chi connectivity index (χ1) is 13.9. The quantitative estimate of drug-likeness (QED) is 0.448. The summed E-state index contributed by atoms with van der Waals surface area (Å²) >= 11 is 6.40. The Balaban J connectivity index is 1.93. The fraction of sp³-hybridized carbons (Fsp3) is 0.304. The maximum absolute atomic E-state index is 12.3. The fourth-order valence-corrected chi connectivity index (χ4v) is 3.12. The van der Waals surface area contributed by atoms with Gasteiger partial charge in [0.25, 0.3) is 0 Å². The van der Waals surface area contributed by atoms with Gasteiger partial charge in [0.05, 0.1) is 17.7 Å². The molecule has 1 heterocycles. The average Bonchev–Trinajstić information content (AvgIpc) is 3.05. The third-order valence-corrected chi connectivity index (χ3v) is 4.50. The van der Waals surface area contributed by atoms with Gasteiger partial charge in [-0.25, -0.2) is 9.79 Å². The summed E-state index contributed by atoms with van der Waals surface area (Å²) in [6.45, 7) is 8.26. The van der Waals surface area contributed by atoms with Gasteiger partial charge in [0.1, 0.15) is 0 Å². The molecule has 0 N–H and O–H groups in total. The Morgan fingerprint density at radius 2 is 1.90 bits per heavy atom. The summed E-state index contributed by atoms with van der Waals surface area (Å²) in [5, 5.41) is 0.405. The average molecular weight is 414 g/mol. The lowest BCUT2D eigenvalue weighted by molar-refractivity contribution is -0.129. The predicted octanol–water partition coefficient (Wildman–Crippen LogP) is 5.43. The summed E-state index contributed by atoms with van der Waals surface area (Å²) in [6, 6.07) is 11.3. The van der Waals surface area contributed by atoms with E-state index in [4.69, 9.17) is 25.8 Å². The highest BCUT2D eigenvalue weighted by Gasteiger charge is 2.24. The van der Waals surface area contributed by atoms with Crippen molar-refractivity contribution in [3.63, 3.8) is 0 Å². The number of carbonyl (C=O) groups excluding carboxylic acids is 1. The molecule has 0 fully saturated rings. The van der Waals surface area contributed by atoms with E-state index in [2.05, 4.69) is 11.9 Å². The highest BCUT2D eigenvalue weighted by molar-refractivity contribution is 6.32. The number of carbonyl (C=O) groups is 1. The van der Waals surface area contributed by atoms with Crippen molar-refractivity contribution in [2.75, 3.05) is 6.61 Å². The lowest BCUT2D eigenvalue weighted by atomic mass is 10.1. The Morgan fingerprint density at radius 3 is 2.52 bits per heavy atom.